The molecule has 0 amide bonds. The molecular formula is C72H51N3O. The van der Waals surface area contributed by atoms with E-state index in [1.54, 1.807) is 0 Å². The number of anilines is 3. The fourth-order valence-electron chi connectivity index (χ4n) is 13.6. The van der Waals surface area contributed by atoms with Gasteiger partial charge in [0.25, 0.3) is 0 Å². The summed E-state index contributed by atoms with van der Waals surface area (Å²) in [5.74, 6) is 0. The lowest BCUT2D eigenvalue weighted by molar-refractivity contribution is 0.659. The molecule has 14 aromatic rings. The number of para-hydroxylation sites is 6. The topological polar surface area (TPSA) is 26.2 Å². The Labute approximate surface area is 440 Å². The molecule has 0 bridgehead atoms. The quantitative estimate of drug-likeness (QED) is 0.166. The lowest BCUT2D eigenvalue weighted by Crippen LogP contribution is -2.18. The van der Waals surface area contributed by atoms with Crippen molar-refractivity contribution in [1.82, 2.24) is 9.13 Å². The summed E-state index contributed by atoms with van der Waals surface area (Å²) in [6.07, 6.45) is 0. The predicted molar refractivity (Wildman–Crippen MR) is 318 cm³/mol. The summed E-state index contributed by atoms with van der Waals surface area (Å²) < 4.78 is 11.4. The van der Waals surface area contributed by atoms with Gasteiger partial charge in [0.1, 0.15) is 11.2 Å². The van der Waals surface area contributed by atoms with Gasteiger partial charge in [-0.05, 0) is 147 Å². The first-order valence-corrected chi connectivity index (χ1v) is 26.6. The highest BCUT2D eigenvalue weighted by Gasteiger charge is 2.39. The van der Waals surface area contributed by atoms with Crippen molar-refractivity contribution in [2.45, 2.75) is 38.5 Å². The number of furan rings is 1. The summed E-state index contributed by atoms with van der Waals surface area (Å²) in [5, 5.41) is 7.35. The maximum absolute atomic E-state index is 6.55. The number of aromatic nitrogens is 2. The zero-order valence-electron chi connectivity index (χ0n) is 42.8. The van der Waals surface area contributed by atoms with Crippen LogP contribution < -0.4 is 4.90 Å². The largest absolute Gasteiger partial charge is 0.455 e. The molecule has 0 fully saturated rings. The summed E-state index contributed by atoms with van der Waals surface area (Å²) in [6.45, 7) is 9.62. The zero-order chi connectivity index (χ0) is 50.6. The molecule has 11 aromatic carbocycles. The van der Waals surface area contributed by atoms with Crippen molar-refractivity contribution in [2.75, 3.05) is 4.90 Å². The van der Waals surface area contributed by atoms with E-state index < -0.39 is 0 Å². The summed E-state index contributed by atoms with van der Waals surface area (Å²) in [6, 6.07) is 87.6. The molecule has 2 aliphatic rings. The van der Waals surface area contributed by atoms with Crippen molar-refractivity contribution < 1.29 is 4.42 Å². The first kappa shape index (κ1) is 43.1. The van der Waals surface area contributed by atoms with Gasteiger partial charge in [0.05, 0.1) is 22.1 Å². The minimum atomic E-state index is -0.275. The van der Waals surface area contributed by atoms with Crippen molar-refractivity contribution in [1.29, 1.82) is 0 Å². The Balaban J connectivity index is 0.846. The van der Waals surface area contributed by atoms with E-state index in [9.17, 15) is 0 Å². The standard InChI is InChI=1S/C72H51N3O/c1-71(2)61-39-47(33-36-51(61)52-37-35-49(41-62(52)71)75-65-25-12-8-19-54(65)55-20-9-13-26-66(55)75)73(46-31-29-44(30-32-46)50-23-16-24-58-57-22-11-15-28-69(57)76-70(50)58)48-34-38-53-59-42-60-56-21-10-14-27-67(56)74(45-17-6-5-7-18-45)68(60)43-64(59)72(3,4)63(53)40-48/h5-43H,1-4H3. The monoisotopic (exact) mass is 973 g/mol. The molecule has 4 heteroatoms. The van der Waals surface area contributed by atoms with Crippen LogP contribution in [0.3, 0.4) is 0 Å². The third-order valence-corrected chi connectivity index (χ3v) is 17.3. The van der Waals surface area contributed by atoms with E-state index >= 15 is 0 Å². The normalized spacial score (nSPS) is 14.0. The highest BCUT2D eigenvalue weighted by Crippen LogP contribution is 2.55. The third kappa shape index (κ3) is 5.95. The molecule has 2 aliphatic carbocycles. The number of rotatable bonds is 6. The van der Waals surface area contributed by atoms with E-state index in [0.29, 0.717) is 0 Å². The average Bonchev–Trinajstić information content (AvgIpc) is 4.37. The third-order valence-electron chi connectivity index (χ3n) is 17.3. The molecule has 0 atom stereocenters. The first-order chi connectivity index (χ1) is 37.2. The molecule has 0 spiro atoms. The van der Waals surface area contributed by atoms with Gasteiger partial charge in [0.15, 0.2) is 0 Å². The van der Waals surface area contributed by atoms with Crippen molar-refractivity contribution in [3.63, 3.8) is 0 Å². The second-order valence-electron chi connectivity index (χ2n) is 22.1. The van der Waals surface area contributed by atoms with Crippen LogP contribution in [-0.2, 0) is 10.8 Å². The number of benzene rings is 11. The van der Waals surface area contributed by atoms with E-state index in [2.05, 4.69) is 272 Å². The smallest absolute Gasteiger partial charge is 0.143 e. The van der Waals surface area contributed by atoms with Crippen LogP contribution in [0, 0.1) is 0 Å². The van der Waals surface area contributed by atoms with Crippen LogP contribution in [0.15, 0.2) is 241 Å². The highest BCUT2D eigenvalue weighted by molar-refractivity contribution is 6.13. The van der Waals surface area contributed by atoms with Gasteiger partial charge in [-0.2, -0.15) is 0 Å². The summed E-state index contributed by atoms with van der Waals surface area (Å²) in [4.78, 5) is 2.47. The first-order valence-electron chi connectivity index (χ1n) is 26.6. The molecule has 360 valence electrons. The molecule has 4 nitrogen and oxygen atoms in total. The molecule has 0 saturated carbocycles. The Hall–Kier alpha value is -9.38. The average molecular weight is 974 g/mol. The van der Waals surface area contributed by atoms with E-state index in [0.717, 1.165) is 50.1 Å². The van der Waals surface area contributed by atoms with Crippen molar-refractivity contribution in [3.05, 3.63) is 259 Å². The SMILES string of the molecule is CC1(C)c2cc(N(c3ccc(-c4cccc5c4oc4ccccc45)cc3)c3ccc4c(c3)C(C)(C)c3cc5c(cc3-4)c3ccccc3n5-c3ccccc3)ccc2-c2ccc(-n3c4ccccc4c4ccccc43)cc21. The zero-order valence-corrected chi connectivity index (χ0v) is 42.8. The Kier molecular flexibility index (Phi) is 8.83. The molecule has 3 heterocycles. The maximum atomic E-state index is 6.55. The number of fused-ring (bicyclic) bond motifs is 15. The van der Waals surface area contributed by atoms with Gasteiger partial charge < -0.3 is 18.5 Å². The number of hydrogen-bond donors (Lipinski definition) is 0. The molecule has 76 heavy (non-hydrogen) atoms. The molecule has 0 unspecified atom stereocenters. The Morgan fingerprint density at radius 3 is 1.45 bits per heavy atom. The van der Waals surface area contributed by atoms with Gasteiger partial charge in [0, 0.05) is 77.1 Å². The van der Waals surface area contributed by atoms with Crippen molar-refractivity contribution in [3.8, 4) is 44.8 Å². The van der Waals surface area contributed by atoms with Crippen molar-refractivity contribution >= 4 is 82.6 Å². The molecule has 0 saturated heterocycles. The van der Waals surface area contributed by atoms with Gasteiger partial charge in [-0.25, -0.2) is 0 Å². The van der Waals surface area contributed by atoms with Gasteiger partial charge in [-0.3, -0.25) is 0 Å². The van der Waals surface area contributed by atoms with Crippen molar-refractivity contribution in [2.24, 2.45) is 0 Å². The lowest BCUT2D eigenvalue weighted by atomic mass is 9.81. The van der Waals surface area contributed by atoms with Crippen LogP contribution in [0.2, 0.25) is 0 Å². The van der Waals surface area contributed by atoms with Gasteiger partial charge in [-0.1, -0.05) is 167 Å². The lowest BCUT2D eigenvalue weighted by Gasteiger charge is -2.30. The molecule has 3 aromatic heterocycles. The second kappa shape index (κ2) is 15.6. The minimum absolute atomic E-state index is 0.273. The molecule has 0 radical (unpaired) electrons. The summed E-state index contributed by atoms with van der Waals surface area (Å²) in [7, 11) is 0. The Bertz CT molecular complexity index is 4700. The number of hydrogen-bond acceptors (Lipinski definition) is 2. The van der Waals surface area contributed by atoms with Gasteiger partial charge in [0.2, 0.25) is 0 Å². The van der Waals surface area contributed by atoms with Crippen LogP contribution in [0.5, 0.6) is 0 Å². The molecule has 0 aliphatic heterocycles. The van der Waals surface area contributed by atoms with Crippen LogP contribution in [-0.4, -0.2) is 9.13 Å². The van der Waals surface area contributed by atoms with E-state index in [-0.39, 0.29) is 10.8 Å². The highest BCUT2D eigenvalue weighted by atomic mass is 16.3. The number of nitrogens with zero attached hydrogens (tertiary/aromatic N) is 3. The maximum Gasteiger partial charge on any atom is 0.143 e. The van der Waals surface area contributed by atoms with Crippen LogP contribution in [0.25, 0.3) is 110 Å². The summed E-state index contributed by atoms with van der Waals surface area (Å²) in [5.41, 5.74) is 24.6. The second-order valence-corrected chi connectivity index (χ2v) is 22.1. The summed E-state index contributed by atoms with van der Waals surface area (Å²) >= 11 is 0. The fourth-order valence-corrected chi connectivity index (χ4v) is 13.6. The van der Waals surface area contributed by atoms with Gasteiger partial charge in [-0.15, -0.1) is 0 Å². The van der Waals surface area contributed by atoms with Crippen LogP contribution in [0.1, 0.15) is 49.9 Å². The molecule has 16 rings (SSSR count). The predicted octanol–water partition coefficient (Wildman–Crippen LogP) is 19.5. The van der Waals surface area contributed by atoms with Crippen LogP contribution in [0.4, 0.5) is 17.1 Å². The van der Waals surface area contributed by atoms with Gasteiger partial charge >= 0.3 is 0 Å². The molecular weight excluding hydrogens is 923 g/mol. The Morgan fingerprint density at radius 1 is 0.316 bits per heavy atom. The van der Waals surface area contributed by atoms with Crippen LogP contribution >= 0.6 is 0 Å². The molecule has 0 N–H and O–H groups in total. The Morgan fingerprint density at radius 2 is 0.803 bits per heavy atom. The minimum Gasteiger partial charge on any atom is -0.455 e. The van der Waals surface area contributed by atoms with E-state index in [1.807, 2.05) is 6.07 Å². The fraction of sp³-hybridized carbons (Fsp3) is 0.0833. The van der Waals surface area contributed by atoms with E-state index in [1.165, 1.54) is 99.5 Å². The van der Waals surface area contributed by atoms with E-state index in [4.69, 9.17) is 4.42 Å².